The predicted octanol–water partition coefficient (Wildman–Crippen LogP) is 2.84. The van der Waals surface area contributed by atoms with Gasteiger partial charge >= 0.3 is 12.5 Å². The number of pyridine rings is 1. The summed E-state index contributed by atoms with van der Waals surface area (Å²) in [5.41, 5.74) is 0.956. The fraction of sp³-hybridized carbons (Fsp3) is 0.333. The van der Waals surface area contributed by atoms with Gasteiger partial charge in [-0.05, 0) is 11.6 Å². The van der Waals surface area contributed by atoms with Crippen LogP contribution in [-0.4, -0.2) is 16.6 Å². The highest BCUT2D eigenvalue weighted by molar-refractivity contribution is 6.67. The summed E-state index contributed by atoms with van der Waals surface area (Å²) < 4.78 is 78.4. The van der Waals surface area contributed by atoms with Crippen molar-refractivity contribution in [3.05, 3.63) is 23.0 Å². The van der Waals surface area contributed by atoms with Gasteiger partial charge in [-0.2, -0.15) is 13.2 Å². The molecule has 0 saturated carbocycles. The average Bonchev–Trinajstić information content (AvgIpc) is 2.24. The number of aromatic nitrogens is 1. The van der Waals surface area contributed by atoms with Gasteiger partial charge in [0, 0.05) is 18.3 Å². The smallest absolute Gasteiger partial charge is 0.405 e. The van der Waals surface area contributed by atoms with Crippen LogP contribution in [0.4, 0.5) is 26.3 Å². The minimum absolute atomic E-state index is 0.561. The van der Waals surface area contributed by atoms with Crippen molar-refractivity contribution < 1.29 is 35.9 Å². The third kappa shape index (κ3) is 3.73. The van der Waals surface area contributed by atoms with E-state index in [-0.39, 0.29) is 0 Å². The third-order valence-electron chi connectivity index (χ3n) is 2.01. The first-order valence-corrected chi connectivity index (χ1v) is 5.10. The van der Waals surface area contributed by atoms with Crippen molar-refractivity contribution in [2.24, 2.45) is 5.73 Å². The van der Waals surface area contributed by atoms with Gasteiger partial charge in [-0.3, -0.25) is 9.78 Å². The van der Waals surface area contributed by atoms with Crippen LogP contribution in [0.2, 0.25) is 0 Å². The van der Waals surface area contributed by atoms with E-state index in [0.29, 0.717) is 6.20 Å². The summed E-state index contributed by atoms with van der Waals surface area (Å²) in [6.07, 6.45) is -10.2. The van der Waals surface area contributed by atoms with E-state index in [1.807, 2.05) is 0 Å². The van der Waals surface area contributed by atoms with E-state index in [9.17, 15) is 31.1 Å². The number of rotatable bonds is 3. The highest BCUT2D eigenvalue weighted by Gasteiger charge is 2.44. The van der Waals surface area contributed by atoms with Crippen molar-refractivity contribution in [1.82, 2.24) is 4.98 Å². The fourth-order valence-electron chi connectivity index (χ4n) is 1.32. The van der Waals surface area contributed by atoms with Crippen molar-refractivity contribution >= 4 is 16.8 Å². The minimum Gasteiger partial charge on any atom is -0.405 e. The topological polar surface area (TPSA) is 65.2 Å². The molecule has 0 aromatic carbocycles. The van der Waals surface area contributed by atoms with Crippen LogP contribution in [0.25, 0.3) is 0 Å². The van der Waals surface area contributed by atoms with Gasteiger partial charge in [-0.1, -0.05) is 0 Å². The molecule has 11 heteroatoms. The number of alkyl halides is 6. The van der Waals surface area contributed by atoms with Gasteiger partial charge < -0.3 is 10.5 Å². The molecule has 0 aliphatic heterocycles. The molecule has 112 valence electrons. The summed E-state index contributed by atoms with van der Waals surface area (Å²) in [5, 5.41) is -1.67. The maximum absolute atomic E-state index is 12.8. The maximum atomic E-state index is 12.8. The second-order valence-corrected chi connectivity index (χ2v) is 3.70. The van der Waals surface area contributed by atoms with Crippen LogP contribution in [0.5, 0.6) is 5.75 Å². The normalized spacial score (nSPS) is 12.4. The second kappa shape index (κ2) is 5.44. The van der Waals surface area contributed by atoms with Gasteiger partial charge in [0.1, 0.15) is 17.0 Å². The van der Waals surface area contributed by atoms with Crippen LogP contribution in [0.1, 0.15) is 21.6 Å². The zero-order chi connectivity index (χ0) is 15.7. The Morgan fingerprint density at radius 2 is 1.85 bits per heavy atom. The number of carbonyl (C=O) groups is 1. The van der Waals surface area contributed by atoms with Gasteiger partial charge in [-0.25, -0.2) is 0 Å². The second-order valence-electron chi connectivity index (χ2n) is 3.36. The van der Waals surface area contributed by atoms with E-state index >= 15 is 0 Å². The number of hydrogen-bond donors (Lipinski definition) is 1. The Hall–Kier alpha value is -1.55. The molecule has 4 nitrogen and oxygen atoms in total. The lowest BCUT2D eigenvalue weighted by Gasteiger charge is -2.19. The quantitative estimate of drug-likeness (QED) is 0.686. The van der Waals surface area contributed by atoms with Crippen LogP contribution in [0, 0.1) is 0 Å². The number of halogens is 7. The first-order chi connectivity index (χ1) is 8.97. The Labute approximate surface area is 112 Å². The van der Waals surface area contributed by atoms with Crippen LogP contribution >= 0.6 is 11.6 Å². The SMILES string of the molecule is NCc1cnc(C(=O)Cl)c(C(F)(F)F)c1OC(F)(F)F. The summed E-state index contributed by atoms with van der Waals surface area (Å²) in [4.78, 5) is 13.9. The molecule has 0 aliphatic carbocycles. The Morgan fingerprint density at radius 1 is 1.30 bits per heavy atom. The van der Waals surface area contributed by atoms with Gasteiger partial charge in [0.2, 0.25) is 0 Å². The molecule has 0 aliphatic rings. The Morgan fingerprint density at radius 3 is 2.20 bits per heavy atom. The molecule has 2 N–H and O–H groups in total. The molecule has 0 atom stereocenters. The van der Waals surface area contributed by atoms with Crippen molar-refractivity contribution in [1.29, 1.82) is 0 Å². The molecule has 0 bridgehead atoms. The molecule has 0 fully saturated rings. The van der Waals surface area contributed by atoms with Crippen LogP contribution < -0.4 is 10.5 Å². The average molecular weight is 323 g/mol. The largest absolute Gasteiger partial charge is 0.573 e. The Kier molecular flexibility index (Phi) is 4.49. The van der Waals surface area contributed by atoms with Crippen molar-refractivity contribution in [2.45, 2.75) is 19.1 Å². The monoisotopic (exact) mass is 322 g/mol. The van der Waals surface area contributed by atoms with E-state index < -0.39 is 46.9 Å². The number of nitrogens with zero attached hydrogens (tertiary/aromatic N) is 1. The number of ether oxygens (including phenoxy) is 1. The molecule has 1 aromatic heterocycles. The number of hydrogen-bond acceptors (Lipinski definition) is 4. The third-order valence-corrected chi connectivity index (χ3v) is 2.19. The molecule has 0 radical (unpaired) electrons. The van der Waals surface area contributed by atoms with Gasteiger partial charge in [0.25, 0.3) is 5.24 Å². The molecule has 1 rings (SSSR count). The highest BCUT2D eigenvalue weighted by atomic mass is 35.5. The molecule has 0 saturated heterocycles. The maximum Gasteiger partial charge on any atom is 0.573 e. The molecular weight excluding hydrogens is 318 g/mol. The summed E-state index contributed by atoms with van der Waals surface area (Å²) in [5.74, 6) is -1.63. The van der Waals surface area contributed by atoms with E-state index in [0.717, 1.165) is 0 Å². The van der Waals surface area contributed by atoms with Crippen LogP contribution in [-0.2, 0) is 12.7 Å². The van der Waals surface area contributed by atoms with Crippen molar-refractivity contribution in [3.8, 4) is 5.75 Å². The fourth-order valence-corrected chi connectivity index (χ4v) is 1.47. The lowest BCUT2D eigenvalue weighted by Crippen LogP contribution is -2.24. The Balaban J connectivity index is 3.65. The van der Waals surface area contributed by atoms with E-state index in [1.165, 1.54) is 0 Å². The summed E-state index contributed by atoms with van der Waals surface area (Å²) >= 11 is 4.88. The highest BCUT2D eigenvalue weighted by Crippen LogP contribution is 2.42. The van der Waals surface area contributed by atoms with E-state index in [2.05, 4.69) is 9.72 Å². The molecule has 0 amide bonds. The standard InChI is InChI=1S/C9H5ClF6N2O2/c10-7(19)5-4(8(11,12)13)6(20-9(14,15)16)3(1-17)2-18-5/h2H,1,17H2. The zero-order valence-corrected chi connectivity index (χ0v) is 10.0. The first kappa shape index (κ1) is 16.5. The molecule has 1 aromatic rings. The number of carbonyl (C=O) groups excluding carboxylic acids is 1. The zero-order valence-electron chi connectivity index (χ0n) is 9.27. The minimum atomic E-state index is -5.40. The summed E-state index contributed by atoms with van der Waals surface area (Å²) in [6.45, 7) is -0.710. The van der Waals surface area contributed by atoms with Gasteiger partial charge in [0.05, 0.1) is 0 Å². The first-order valence-electron chi connectivity index (χ1n) is 4.72. The van der Waals surface area contributed by atoms with E-state index in [4.69, 9.17) is 17.3 Å². The molecule has 1 heterocycles. The predicted molar refractivity (Wildman–Crippen MR) is 54.0 cm³/mol. The van der Waals surface area contributed by atoms with Gasteiger partial charge in [-0.15, -0.1) is 13.2 Å². The van der Waals surface area contributed by atoms with Crippen molar-refractivity contribution in [2.75, 3.05) is 0 Å². The molecular formula is C9H5ClF6N2O2. The molecule has 0 unspecified atom stereocenters. The lowest BCUT2D eigenvalue weighted by molar-refractivity contribution is -0.276. The lowest BCUT2D eigenvalue weighted by atomic mass is 10.1. The summed E-state index contributed by atoms with van der Waals surface area (Å²) in [7, 11) is 0. The van der Waals surface area contributed by atoms with Crippen molar-refractivity contribution in [3.63, 3.8) is 0 Å². The number of nitrogens with two attached hydrogens (primary N) is 1. The van der Waals surface area contributed by atoms with Gasteiger partial charge in [0.15, 0.2) is 0 Å². The molecule has 20 heavy (non-hydrogen) atoms. The Bertz CT molecular complexity index is 528. The van der Waals surface area contributed by atoms with Crippen LogP contribution in [0.15, 0.2) is 6.20 Å². The molecule has 0 spiro atoms. The summed E-state index contributed by atoms with van der Waals surface area (Å²) in [6, 6.07) is 0. The van der Waals surface area contributed by atoms with Crippen LogP contribution in [0.3, 0.4) is 0 Å². The van der Waals surface area contributed by atoms with E-state index in [1.54, 1.807) is 0 Å².